The van der Waals surface area contributed by atoms with Crippen molar-refractivity contribution in [1.82, 2.24) is 5.32 Å². The van der Waals surface area contributed by atoms with Crippen LogP contribution in [-0.4, -0.2) is 6.04 Å². The highest BCUT2D eigenvalue weighted by Gasteiger charge is 2.08. The van der Waals surface area contributed by atoms with Crippen LogP contribution in [0.2, 0.25) is 0 Å². The Morgan fingerprint density at radius 3 is 2.86 bits per heavy atom. The molecule has 14 heavy (non-hydrogen) atoms. The number of nitriles is 1. The molecule has 0 aliphatic heterocycles. The number of hydrogen-bond donors (Lipinski definition) is 1. The summed E-state index contributed by atoms with van der Waals surface area (Å²) < 4.78 is 0. The van der Waals surface area contributed by atoms with E-state index < -0.39 is 0 Å². The first kappa shape index (κ1) is 11.2. The predicted octanol–water partition coefficient (Wildman–Crippen LogP) is 2.78. The maximum atomic E-state index is 8.89. The van der Waals surface area contributed by atoms with E-state index in [2.05, 4.69) is 36.7 Å². The molecule has 0 saturated heterocycles. The second-order valence-corrected chi connectivity index (χ2v) is 4.80. The van der Waals surface area contributed by atoms with E-state index in [1.807, 2.05) is 6.07 Å². The van der Waals surface area contributed by atoms with Gasteiger partial charge < -0.3 is 0 Å². The quantitative estimate of drug-likeness (QED) is 0.807. The van der Waals surface area contributed by atoms with E-state index in [0.717, 1.165) is 13.0 Å². The van der Waals surface area contributed by atoms with Crippen LogP contribution in [0.25, 0.3) is 0 Å². The maximum Gasteiger partial charge on any atom is 0.0958 e. The minimum atomic E-state index is -0.0166. The second kappa shape index (κ2) is 5.79. The van der Waals surface area contributed by atoms with Crippen LogP contribution in [0.4, 0.5) is 0 Å². The molecular formula is C11H16N2S. The van der Waals surface area contributed by atoms with Gasteiger partial charge >= 0.3 is 0 Å². The summed E-state index contributed by atoms with van der Waals surface area (Å²) in [6.45, 7) is 5.08. The lowest BCUT2D eigenvalue weighted by Crippen LogP contribution is -2.28. The van der Waals surface area contributed by atoms with Gasteiger partial charge in [-0.15, -0.1) is 11.3 Å². The summed E-state index contributed by atoms with van der Waals surface area (Å²) in [5.41, 5.74) is 0. The Labute approximate surface area is 89.6 Å². The SMILES string of the molecule is CC(C)CC(C#N)NCc1cccs1. The first-order chi connectivity index (χ1) is 6.72. The van der Waals surface area contributed by atoms with Crippen molar-refractivity contribution in [1.29, 1.82) is 5.26 Å². The molecule has 0 aromatic carbocycles. The molecule has 1 aromatic heterocycles. The van der Waals surface area contributed by atoms with E-state index in [-0.39, 0.29) is 6.04 Å². The topological polar surface area (TPSA) is 35.8 Å². The number of nitrogens with one attached hydrogen (secondary N) is 1. The van der Waals surface area contributed by atoms with E-state index in [4.69, 9.17) is 5.26 Å². The zero-order chi connectivity index (χ0) is 10.4. The number of rotatable bonds is 5. The van der Waals surface area contributed by atoms with Crippen LogP contribution in [-0.2, 0) is 6.54 Å². The van der Waals surface area contributed by atoms with Crippen molar-refractivity contribution in [2.75, 3.05) is 0 Å². The van der Waals surface area contributed by atoms with E-state index in [9.17, 15) is 0 Å². The molecule has 1 atom stereocenters. The Morgan fingerprint density at radius 2 is 2.36 bits per heavy atom. The van der Waals surface area contributed by atoms with Gasteiger partial charge in [-0.05, 0) is 23.8 Å². The normalized spacial score (nSPS) is 12.7. The van der Waals surface area contributed by atoms with Crippen LogP contribution >= 0.6 is 11.3 Å². The fraction of sp³-hybridized carbons (Fsp3) is 0.545. The van der Waals surface area contributed by atoms with Crippen LogP contribution < -0.4 is 5.32 Å². The molecule has 0 spiro atoms. The number of hydrogen-bond acceptors (Lipinski definition) is 3. The second-order valence-electron chi connectivity index (χ2n) is 3.77. The Morgan fingerprint density at radius 1 is 1.57 bits per heavy atom. The molecule has 0 aliphatic rings. The summed E-state index contributed by atoms with van der Waals surface area (Å²) in [4.78, 5) is 1.29. The Bertz CT molecular complexity index is 285. The van der Waals surface area contributed by atoms with E-state index >= 15 is 0 Å². The zero-order valence-electron chi connectivity index (χ0n) is 8.66. The van der Waals surface area contributed by atoms with Gasteiger partial charge in [0.2, 0.25) is 0 Å². The number of nitrogens with zero attached hydrogens (tertiary/aromatic N) is 1. The van der Waals surface area contributed by atoms with Crippen molar-refractivity contribution in [3.63, 3.8) is 0 Å². The minimum absolute atomic E-state index is 0.0166. The van der Waals surface area contributed by atoms with Crippen LogP contribution in [0.1, 0.15) is 25.1 Å². The molecule has 0 radical (unpaired) electrons. The highest BCUT2D eigenvalue weighted by molar-refractivity contribution is 7.09. The average Bonchev–Trinajstić information content (AvgIpc) is 2.64. The summed E-state index contributed by atoms with van der Waals surface area (Å²) in [6, 6.07) is 6.39. The summed E-state index contributed by atoms with van der Waals surface area (Å²) in [5, 5.41) is 14.2. The molecule has 0 saturated carbocycles. The van der Waals surface area contributed by atoms with Crippen molar-refractivity contribution in [3.05, 3.63) is 22.4 Å². The standard InChI is InChI=1S/C11H16N2S/c1-9(2)6-10(7-12)13-8-11-4-3-5-14-11/h3-5,9-10,13H,6,8H2,1-2H3. The van der Waals surface area contributed by atoms with Gasteiger partial charge in [0.1, 0.15) is 0 Å². The Balaban J connectivity index is 2.32. The average molecular weight is 208 g/mol. The van der Waals surface area contributed by atoms with Crippen molar-refractivity contribution in [3.8, 4) is 6.07 Å². The summed E-state index contributed by atoms with van der Waals surface area (Å²) >= 11 is 1.72. The van der Waals surface area contributed by atoms with Crippen LogP contribution in [0.3, 0.4) is 0 Å². The minimum Gasteiger partial charge on any atom is -0.297 e. The van der Waals surface area contributed by atoms with Gasteiger partial charge in [0.25, 0.3) is 0 Å². The molecule has 1 heterocycles. The highest BCUT2D eigenvalue weighted by atomic mass is 32.1. The zero-order valence-corrected chi connectivity index (χ0v) is 9.47. The third-order valence-corrected chi connectivity index (χ3v) is 2.84. The largest absolute Gasteiger partial charge is 0.297 e. The lowest BCUT2D eigenvalue weighted by Gasteiger charge is -2.12. The Hall–Kier alpha value is -0.850. The van der Waals surface area contributed by atoms with Gasteiger partial charge in [0, 0.05) is 11.4 Å². The third-order valence-electron chi connectivity index (χ3n) is 1.97. The molecule has 0 amide bonds. The summed E-state index contributed by atoms with van der Waals surface area (Å²) in [6.07, 6.45) is 0.919. The number of thiophene rings is 1. The molecule has 2 nitrogen and oxygen atoms in total. The molecule has 1 N–H and O–H groups in total. The fourth-order valence-corrected chi connectivity index (χ4v) is 1.95. The van der Waals surface area contributed by atoms with Gasteiger partial charge in [-0.1, -0.05) is 19.9 Å². The smallest absolute Gasteiger partial charge is 0.0958 e. The molecular weight excluding hydrogens is 192 g/mol. The van der Waals surface area contributed by atoms with E-state index in [0.29, 0.717) is 5.92 Å². The van der Waals surface area contributed by atoms with Gasteiger partial charge in [-0.2, -0.15) is 5.26 Å². The van der Waals surface area contributed by atoms with Crippen molar-refractivity contribution in [2.24, 2.45) is 5.92 Å². The molecule has 0 aliphatic carbocycles. The van der Waals surface area contributed by atoms with Crippen molar-refractivity contribution < 1.29 is 0 Å². The van der Waals surface area contributed by atoms with Gasteiger partial charge in [-0.25, -0.2) is 0 Å². The summed E-state index contributed by atoms with van der Waals surface area (Å²) in [5.74, 6) is 0.565. The van der Waals surface area contributed by atoms with Gasteiger partial charge in [0.15, 0.2) is 0 Å². The van der Waals surface area contributed by atoms with E-state index in [1.54, 1.807) is 11.3 Å². The van der Waals surface area contributed by atoms with Crippen LogP contribution in [0, 0.1) is 17.2 Å². The Kier molecular flexibility index (Phi) is 4.64. The fourth-order valence-electron chi connectivity index (χ4n) is 1.29. The van der Waals surface area contributed by atoms with Crippen molar-refractivity contribution in [2.45, 2.75) is 32.9 Å². The first-order valence-corrected chi connectivity index (χ1v) is 5.75. The van der Waals surface area contributed by atoms with Crippen LogP contribution in [0.15, 0.2) is 17.5 Å². The van der Waals surface area contributed by atoms with Gasteiger partial charge in [0.05, 0.1) is 12.1 Å². The summed E-state index contributed by atoms with van der Waals surface area (Å²) in [7, 11) is 0. The molecule has 1 unspecified atom stereocenters. The third kappa shape index (κ3) is 3.91. The highest BCUT2D eigenvalue weighted by Crippen LogP contribution is 2.09. The molecule has 3 heteroatoms. The maximum absolute atomic E-state index is 8.89. The van der Waals surface area contributed by atoms with Crippen molar-refractivity contribution >= 4 is 11.3 Å². The monoisotopic (exact) mass is 208 g/mol. The van der Waals surface area contributed by atoms with E-state index in [1.165, 1.54) is 4.88 Å². The molecule has 1 aromatic rings. The lowest BCUT2D eigenvalue weighted by atomic mass is 10.1. The lowest BCUT2D eigenvalue weighted by molar-refractivity contribution is 0.480. The molecule has 0 fully saturated rings. The molecule has 0 bridgehead atoms. The predicted molar refractivity (Wildman–Crippen MR) is 60.0 cm³/mol. The molecule has 76 valence electrons. The first-order valence-electron chi connectivity index (χ1n) is 4.87. The van der Waals surface area contributed by atoms with Crippen LogP contribution in [0.5, 0.6) is 0 Å². The molecule has 1 rings (SSSR count). The van der Waals surface area contributed by atoms with Gasteiger partial charge in [-0.3, -0.25) is 5.32 Å².